The van der Waals surface area contributed by atoms with Gasteiger partial charge >= 0.3 is 17.8 Å². The number of hydrogen-bond acceptors (Lipinski definition) is 5. The topological polar surface area (TPSA) is 69.7 Å². The van der Waals surface area contributed by atoms with Crippen LogP contribution in [-0.2, 0) is 30.0 Å². The third-order valence-electron chi connectivity index (χ3n) is 3.45. The minimum atomic E-state index is -4.70. The molecule has 5 nitrogen and oxygen atoms in total. The standard InChI is InChI=1S/C17H20FO5PS/c1-3-22-24(19,23-4-2)13-14-5-7-15(8-6-14)16-9-11-17(12-10-16)25(18,20)21/h5-12H,3-4,13H2,1-2H3. The lowest BCUT2D eigenvalue weighted by Crippen LogP contribution is -1.99. The van der Waals surface area contributed by atoms with E-state index in [0.29, 0.717) is 13.2 Å². The first-order valence-electron chi connectivity index (χ1n) is 7.79. The van der Waals surface area contributed by atoms with E-state index >= 15 is 0 Å². The second-order valence-corrected chi connectivity index (χ2v) is 8.67. The summed E-state index contributed by atoms with van der Waals surface area (Å²) < 4.78 is 57.7. The van der Waals surface area contributed by atoms with Crippen LogP contribution in [0.3, 0.4) is 0 Å². The highest BCUT2D eigenvalue weighted by Gasteiger charge is 2.23. The van der Waals surface area contributed by atoms with Crippen LogP contribution in [0.4, 0.5) is 3.89 Å². The summed E-state index contributed by atoms with van der Waals surface area (Å²) in [5, 5.41) is 0. The van der Waals surface area contributed by atoms with Gasteiger partial charge in [0.2, 0.25) is 0 Å². The maximum absolute atomic E-state index is 12.9. The summed E-state index contributed by atoms with van der Waals surface area (Å²) >= 11 is 0. The molecule has 0 amide bonds. The Kier molecular flexibility index (Phi) is 6.52. The van der Waals surface area contributed by atoms with E-state index in [1.54, 1.807) is 26.0 Å². The summed E-state index contributed by atoms with van der Waals surface area (Å²) in [6.07, 6.45) is 0.175. The molecule has 136 valence electrons. The first kappa shape index (κ1) is 19.8. The largest absolute Gasteiger partial charge is 0.335 e. The zero-order valence-electron chi connectivity index (χ0n) is 14.0. The van der Waals surface area contributed by atoms with Crippen LogP contribution in [0.25, 0.3) is 11.1 Å². The molecule has 0 atom stereocenters. The van der Waals surface area contributed by atoms with Crippen LogP contribution in [-0.4, -0.2) is 21.6 Å². The van der Waals surface area contributed by atoms with Gasteiger partial charge in [0, 0.05) is 0 Å². The first-order valence-corrected chi connectivity index (χ1v) is 10.9. The molecular formula is C17H20FO5PS. The average molecular weight is 386 g/mol. The molecule has 0 saturated heterocycles. The molecule has 0 bridgehead atoms. The average Bonchev–Trinajstić information content (AvgIpc) is 2.55. The fourth-order valence-corrected chi connectivity index (χ4v) is 4.52. The minimum absolute atomic E-state index is 0.175. The van der Waals surface area contributed by atoms with Crippen LogP contribution in [0.15, 0.2) is 53.4 Å². The van der Waals surface area contributed by atoms with Crippen molar-refractivity contribution >= 4 is 17.8 Å². The molecule has 2 rings (SSSR count). The molecule has 0 radical (unpaired) electrons. The van der Waals surface area contributed by atoms with Gasteiger partial charge in [0.15, 0.2) is 0 Å². The Balaban J connectivity index is 2.18. The van der Waals surface area contributed by atoms with Crippen molar-refractivity contribution in [3.63, 3.8) is 0 Å². The fourth-order valence-electron chi connectivity index (χ4n) is 2.36. The number of rotatable bonds is 8. The third-order valence-corrected chi connectivity index (χ3v) is 6.34. The second kappa shape index (κ2) is 8.23. The van der Waals surface area contributed by atoms with Gasteiger partial charge in [-0.15, -0.1) is 3.89 Å². The van der Waals surface area contributed by atoms with Crippen LogP contribution in [0.1, 0.15) is 19.4 Å². The highest BCUT2D eigenvalue weighted by Crippen LogP contribution is 2.51. The Morgan fingerprint density at radius 2 is 1.32 bits per heavy atom. The Morgan fingerprint density at radius 1 is 0.880 bits per heavy atom. The number of hydrogen-bond donors (Lipinski definition) is 0. The van der Waals surface area contributed by atoms with Gasteiger partial charge in [-0.1, -0.05) is 36.4 Å². The molecule has 0 fully saturated rings. The predicted octanol–water partition coefficient (Wildman–Crippen LogP) is 4.78. The van der Waals surface area contributed by atoms with Crippen LogP contribution in [0.5, 0.6) is 0 Å². The smallest absolute Gasteiger partial charge is 0.309 e. The molecule has 2 aromatic rings. The Labute approximate surface area is 147 Å². The molecule has 0 spiro atoms. The summed E-state index contributed by atoms with van der Waals surface area (Å²) in [6.45, 7) is 4.13. The molecule has 0 aliphatic carbocycles. The van der Waals surface area contributed by atoms with E-state index in [2.05, 4.69) is 0 Å². The summed E-state index contributed by atoms with van der Waals surface area (Å²) in [4.78, 5) is -0.373. The Hall–Kier alpha value is -1.53. The molecule has 0 aromatic heterocycles. The van der Waals surface area contributed by atoms with Gasteiger partial charge < -0.3 is 9.05 Å². The summed E-state index contributed by atoms with van der Waals surface area (Å²) in [6, 6.07) is 12.8. The van der Waals surface area contributed by atoms with Crippen LogP contribution in [0, 0.1) is 0 Å². The quantitative estimate of drug-likeness (QED) is 0.482. The molecule has 0 N–H and O–H groups in total. The SMILES string of the molecule is CCOP(=O)(Cc1ccc(-c2ccc(S(=O)(=O)F)cc2)cc1)OCC. The summed E-state index contributed by atoms with van der Waals surface area (Å²) in [5.74, 6) is 0. The number of benzene rings is 2. The lowest BCUT2D eigenvalue weighted by Gasteiger charge is -2.17. The van der Waals surface area contributed by atoms with E-state index in [1.807, 2.05) is 12.1 Å². The zero-order chi connectivity index (χ0) is 18.5. The van der Waals surface area contributed by atoms with E-state index in [9.17, 15) is 16.9 Å². The van der Waals surface area contributed by atoms with Crippen molar-refractivity contribution in [1.82, 2.24) is 0 Å². The van der Waals surface area contributed by atoms with Gasteiger partial charge in [0.05, 0.1) is 24.3 Å². The second-order valence-electron chi connectivity index (χ2n) is 5.26. The Bertz CT molecular complexity index is 838. The van der Waals surface area contributed by atoms with Gasteiger partial charge in [0.1, 0.15) is 0 Å². The molecule has 8 heteroatoms. The minimum Gasteiger partial charge on any atom is -0.309 e. The van der Waals surface area contributed by atoms with Crippen molar-refractivity contribution in [2.75, 3.05) is 13.2 Å². The van der Waals surface area contributed by atoms with Gasteiger partial charge in [-0.05, 0) is 42.7 Å². The van der Waals surface area contributed by atoms with E-state index in [0.717, 1.165) is 16.7 Å². The number of halogens is 1. The van der Waals surface area contributed by atoms with E-state index < -0.39 is 17.8 Å². The highest BCUT2D eigenvalue weighted by atomic mass is 32.3. The van der Waals surface area contributed by atoms with Gasteiger partial charge in [-0.25, -0.2) is 0 Å². The van der Waals surface area contributed by atoms with Gasteiger partial charge in [-0.3, -0.25) is 4.57 Å². The fraction of sp³-hybridized carbons (Fsp3) is 0.294. The maximum Gasteiger partial charge on any atom is 0.335 e. The molecular weight excluding hydrogens is 366 g/mol. The van der Waals surface area contributed by atoms with Gasteiger partial charge in [-0.2, -0.15) is 8.42 Å². The third kappa shape index (κ3) is 5.47. The van der Waals surface area contributed by atoms with Crippen LogP contribution < -0.4 is 0 Å². The van der Waals surface area contributed by atoms with Crippen molar-refractivity contribution in [2.24, 2.45) is 0 Å². The molecule has 0 saturated carbocycles. The Morgan fingerprint density at radius 3 is 1.72 bits per heavy atom. The lowest BCUT2D eigenvalue weighted by atomic mass is 10.0. The summed E-state index contributed by atoms with van der Waals surface area (Å²) in [5.41, 5.74) is 2.38. The van der Waals surface area contributed by atoms with Crippen molar-refractivity contribution in [2.45, 2.75) is 24.9 Å². The summed E-state index contributed by atoms with van der Waals surface area (Å²) in [7, 11) is -7.86. The molecule has 0 aliphatic heterocycles. The molecule has 25 heavy (non-hydrogen) atoms. The predicted molar refractivity (Wildman–Crippen MR) is 94.7 cm³/mol. The molecule has 0 unspecified atom stereocenters. The van der Waals surface area contributed by atoms with E-state index in [4.69, 9.17) is 9.05 Å². The van der Waals surface area contributed by atoms with Crippen LogP contribution >= 0.6 is 7.60 Å². The zero-order valence-corrected chi connectivity index (χ0v) is 15.7. The monoisotopic (exact) mass is 386 g/mol. The van der Waals surface area contributed by atoms with Crippen molar-refractivity contribution in [3.8, 4) is 11.1 Å². The molecule has 0 heterocycles. The normalized spacial score (nSPS) is 12.3. The van der Waals surface area contributed by atoms with E-state index in [-0.39, 0.29) is 11.1 Å². The molecule has 0 aliphatic rings. The first-order chi connectivity index (χ1) is 11.8. The van der Waals surface area contributed by atoms with Crippen LogP contribution in [0.2, 0.25) is 0 Å². The lowest BCUT2D eigenvalue weighted by molar-refractivity contribution is 0.219. The highest BCUT2D eigenvalue weighted by molar-refractivity contribution is 7.86. The van der Waals surface area contributed by atoms with Crippen molar-refractivity contribution < 1.29 is 25.9 Å². The van der Waals surface area contributed by atoms with E-state index in [1.165, 1.54) is 24.3 Å². The molecule has 2 aromatic carbocycles. The van der Waals surface area contributed by atoms with Crippen molar-refractivity contribution in [3.05, 3.63) is 54.1 Å². The van der Waals surface area contributed by atoms with Crippen molar-refractivity contribution in [1.29, 1.82) is 0 Å². The maximum atomic E-state index is 12.9. The van der Waals surface area contributed by atoms with Gasteiger partial charge in [0.25, 0.3) is 0 Å².